The first-order chi connectivity index (χ1) is 8.09. The molecule has 0 spiro atoms. The Morgan fingerprint density at radius 2 is 2.18 bits per heavy atom. The zero-order valence-corrected chi connectivity index (χ0v) is 10.4. The SMILES string of the molecule is O=C1NCC(O)C1C(=O)Nc1ccccc1Br. The molecule has 1 fully saturated rings. The van der Waals surface area contributed by atoms with Crippen molar-refractivity contribution in [2.45, 2.75) is 6.10 Å². The molecule has 2 amide bonds. The van der Waals surface area contributed by atoms with Crippen molar-refractivity contribution in [3.8, 4) is 0 Å². The van der Waals surface area contributed by atoms with Crippen LogP contribution in [0.15, 0.2) is 28.7 Å². The number of carbonyl (C=O) groups excluding carboxylic acids is 2. The van der Waals surface area contributed by atoms with Gasteiger partial charge in [-0.15, -0.1) is 0 Å². The maximum atomic E-state index is 11.8. The fraction of sp³-hybridized carbons (Fsp3) is 0.273. The van der Waals surface area contributed by atoms with Crippen molar-refractivity contribution >= 4 is 33.4 Å². The minimum absolute atomic E-state index is 0.118. The van der Waals surface area contributed by atoms with Crippen molar-refractivity contribution in [2.24, 2.45) is 5.92 Å². The van der Waals surface area contributed by atoms with Gasteiger partial charge in [-0.1, -0.05) is 12.1 Å². The molecule has 2 unspecified atom stereocenters. The van der Waals surface area contributed by atoms with E-state index in [1.807, 2.05) is 6.07 Å². The Hall–Kier alpha value is -1.40. The molecule has 1 aliphatic heterocycles. The molecule has 1 aromatic rings. The zero-order valence-electron chi connectivity index (χ0n) is 8.81. The Labute approximate surface area is 106 Å². The molecule has 0 radical (unpaired) electrons. The van der Waals surface area contributed by atoms with Gasteiger partial charge in [0.1, 0.15) is 5.92 Å². The first kappa shape index (κ1) is 12.1. The Morgan fingerprint density at radius 1 is 1.47 bits per heavy atom. The number of anilines is 1. The van der Waals surface area contributed by atoms with Crippen molar-refractivity contribution < 1.29 is 14.7 Å². The zero-order chi connectivity index (χ0) is 12.4. The first-order valence-corrected chi connectivity index (χ1v) is 5.90. The van der Waals surface area contributed by atoms with Gasteiger partial charge in [0.25, 0.3) is 0 Å². The fourth-order valence-electron chi connectivity index (χ4n) is 1.67. The van der Waals surface area contributed by atoms with Gasteiger partial charge in [0, 0.05) is 11.0 Å². The predicted molar refractivity (Wildman–Crippen MR) is 65.3 cm³/mol. The number of halogens is 1. The van der Waals surface area contributed by atoms with Gasteiger partial charge >= 0.3 is 0 Å². The van der Waals surface area contributed by atoms with Gasteiger partial charge in [0.15, 0.2) is 0 Å². The molecule has 1 aliphatic rings. The van der Waals surface area contributed by atoms with E-state index >= 15 is 0 Å². The highest BCUT2D eigenvalue weighted by Crippen LogP contribution is 2.22. The third-order valence-electron chi connectivity index (χ3n) is 2.57. The van der Waals surface area contributed by atoms with E-state index in [9.17, 15) is 14.7 Å². The maximum Gasteiger partial charge on any atom is 0.239 e. The summed E-state index contributed by atoms with van der Waals surface area (Å²) in [5.41, 5.74) is 0.574. The van der Waals surface area contributed by atoms with E-state index in [0.717, 1.165) is 4.47 Å². The summed E-state index contributed by atoms with van der Waals surface area (Å²) in [7, 11) is 0. The minimum atomic E-state index is -1.04. The molecule has 90 valence electrons. The number of carbonyl (C=O) groups is 2. The molecule has 5 nitrogen and oxygen atoms in total. The summed E-state index contributed by atoms with van der Waals surface area (Å²) in [6.07, 6.45) is -0.968. The maximum absolute atomic E-state index is 11.8. The van der Waals surface area contributed by atoms with Gasteiger partial charge < -0.3 is 15.7 Å². The Bertz CT molecular complexity index is 464. The van der Waals surface area contributed by atoms with Crippen LogP contribution in [0.1, 0.15) is 0 Å². The predicted octanol–water partition coefficient (Wildman–Crippen LogP) is 0.494. The summed E-state index contributed by atoms with van der Waals surface area (Å²) in [4.78, 5) is 23.2. The summed E-state index contributed by atoms with van der Waals surface area (Å²) in [6.45, 7) is 0.118. The largest absolute Gasteiger partial charge is 0.390 e. The number of aliphatic hydroxyl groups excluding tert-OH is 1. The van der Waals surface area contributed by atoms with Gasteiger partial charge in [0.2, 0.25) is 11.8 Å². The average molecular weight is 299 g/mol. The number of aliphatic hydroxyl groups is 1. The number of rotatable bonds is 2. The average Bonchev–Trinajstić information content (AvgIpc) is 2.62. The van der Waals surface area contributed by atoms with Crippen molar-refractivity contribution in [2.75, 3.05) is 11.9 Å². The lowest BCUT2D eigenvalue weighted by Crippen LogP contribution is -2.34. The van der Waals surface area contributed by atoms with Crippen molar-refractivity contribution in [1.82, 2.24) is 5.32 Å². The summed E-state index contributed by atoms with van der Waals surface area (Å²) in [5.74, 6) is -1.98. The lowest BCUT2D eigenvalue weighted by molar-refractivity contribution is -0.132. The van der Waals surface area contributed by atoms with Crippen molar-refractivity contribution in [3.63, 3.8) is 0 Å². The van der Waals surface area contributed by atoms with E-state index in [4.69, 9.17) is 0 Å². The smallest absolute Gasteiger partial charge is 0.239 e. The van der Waals surface area contributed by atoms with Gasteiger partial charge in [-0.3, -0.25) is 9.59 Å². The molecule has 1 saturated heterocycles. The standard InChI is InChI=1S/C11H11BrN2O3/c12-6-3-1-2-4-7(6)14-11(17)9-8(15)5-13-10(9)16/h1-4,8-9,15H,5H2,(H,13,16)(H,14,17). The van der Waals surface area contributed by atoms with Crippen LogP contribution in [0.2, 0.25) is 0 Å². The van der Waals surface area contributed by atoms with Gasteiger partial charge in [-0.05, 0) is 28.1 Å². The molecule has 0 saturated carbocycles. The quantitative estimate of drug-likeness (QED) is 0.696. The summed E-state index contributed by atoms with van der Waals surface area (Å²) >= 11 is 3.29. The van der Waals surface area contributed by atoms with E-state index in [0.29, 0.717) is 5.69 Å². The van der Waals surface area contributed by atoms with E-state index in [1.165, 1.54) is 0 Å². The van der Waals surface area contributed by atoms with Crippen LogP contribution in [-0.4, -0.2) is 29.6 Å². The molecule has 17 heavy (non-hydrogen) atoms. The number of β-amino-alcohol motifs (C(OH)–C–C–N with tert-alkyl or cyclic N) is 1. The topological polar surface area (TPSA) is 78.4 Å². The number of para-hydroxylation sites is 1. The Balaban J connectivity index is 2.12. The van der Waals surface area contributed by atoms with Crippen LogP contribution < -0.4 is 10.6 Å². The normalized spacial score (nSPS) is 23.3. The summed E-state index contributed by atoms with van der Waals surface area (Å²) < 4.78 is 0.723. The van der Waals surface area contributed by atoms with Crippen molar-refractivity contribution in [3.05, 3.63) is 28.7 Å². The molecule has 0 aromatic heterocycles. The summed E-state index contributed by atoms with van der Waals surface area (Å²) in [5, 5.41) is 14.6. The highest BCUT2D eigenvalue weighted by molar-refractivity contribution is 9.10. The number of amides is 2. The number of nitrogens with one attached hydrogen (secondary N) is 2. The van der Waals surface area contributed by atoms with E-state index in [1.54, 1.807) is 18.2 Å². The van der Waals surface area contributed by atoms with Crippen LogP contribution in [-0.2, 0) is 9.59 Å². The van der Waals surface area contributed by atoms with E-state index in [-0.39, 0.29) is 6.54 Å². The fourth-order valence-corrected chi connectivity index (χ4v) is 2.06. The first-order valence-electron chi connectivity index (χ1n) is 5.11. The number of hydrogen-bond acceptors (Lipinski definition) is 3. The van der Waals surface area contributed by atoms with Crippen LogP contribution in [0.5, 0.6) is 0 Å². The van der Waals surface area contributed by atoms with Gasteiger partial charge in [-0.2, -0.15) is 0 Å². The van der Waals surface area contributed by atoms with Gasteiger partial charge in [-0.25, -0.2) is 0 Å². The monoisotopic (exact) mass is 298 g/mol. The molecular formula is C11H11BrN2O3. The second-order valence-electron chi connectivity index (χ2n) is 3.76. The second-order valence-corrected chi connectivity index (χ2v) is 4.61. The molecule has 3 N–H and O–H groups in total. The van der Waals surface area contributed by atoms with Crippen LogP contribution >= 0.6 is 15.9 Å². The third-order valence-corrected chi connectivity index (χ3v) is 3.26. The van der Waals surface area contributed by atoms with Crippen LogP contribution in [0.25, 0.3) is 0 Å². The van der Waals surface area contributed by atoms with E-state index in [2.05, 4.69) is 26.6 Å². The molecule has 2 rings (SSSR count). The molecule has 6 heteroatoms. The van der Waals surface area contributed by atoms with E-state index < -0.39 is 23.8 Å². The van der Waals surface area contributed by atoms with Gasteiger partial charge in [0.05, 0.1) is 11.8 Å². The second kappa shape index (κ2) is 4.85. The van der Waals surface area contributed by atoms with Crippen LogP contribution in [0.4, 0.5) is 5.69 Å². The highest BCUT2D eigenvalue weighted by atomic mass is 79.9. The van der Waals surface area contributed by atoms with Crippen LogP contribution in [0.3, 0.4) is 0 Å². The third kappa shape index (κ3) is 2.48. The van der Waals surface area contributed by atoms with Crippen molar-refractivity contribution in [1.29, 1.82) is 0 Å². The number of hydrogen-bond donors (Lipinski definition) is 3. The Kier molecular flexibility index (Phi) is 3.44. The molecule has 2 atom stereocenters. The molecular weight excluding hydrogens is 288 g/mol. The lowest BCUT2D eigenvalue weighted by Gasteiger charge is -2.12. The minimum Gasteiger partial charge on any atom is -0.390 e. The highest BCUT2D eigenvalue weighted by Gasteiger charge is 2.39. The molecule has 1 aromatic carbocycles. The lowest BCUT2D eigenvalue weighted by atomic mass is 10.0. The van der Waals surface area contributed by atoms with Crippen LogP contribution in [0, 0.1) is 5.92 Å². The molecule has 0 aliphatic carbocycles. The molecule has 1 heterocycles. The number of benzene rings is 1. The Morgan fingerprint density at radius 3 is 2.76 bits per heavy atom. The summed E-state index contributed by atoms with van der Waals surface area (Å²) in [6, 6.07) is 7.07. The molecule has 0 bridgehead atoms.